The number of hydrogen-bond donors (Lipinski definition) is 2. The van der Waals surface area contributed by atoms with Gasteiger partial charge in [0.1, 0.15) is 0 Å². The average molecular weight is 384 g/mol. The van der Waals surface area contributed by atoms with Crippen LogP contribution in [0.3, 0.4) is 0 Å². The molecule has 4 nitrogen and oxygen atoms in total. The third-order valence-electron chi connectivity index (χ3n) is 5.15. The molecule has 2 atom stereocenters. The van der Waals surface area contributed by atoms with Crippen LogP contribution in [-0.2, 0) is 30.5 Å². The number of carboxylic acids is 1. The standard InChI is InChI=1S/C13H17NO2.C11H16O/c1-2-3-4-11-6-5-9-7-10(13(15)16)8-12(9)14-11;1-9-4-3-5-11(6-9)7-10(2)8-12/h5-6,10H,2-4,7-8H2,1H3,(H,15,16);3-6,10,12H,7-8H2,1-2H3/t2*10-/m10/s1. The summed E-state index contributed by atoms with van der Waals surface area (Å²) < 4.78 is 0. The molecule has 0 unspecified atom stereocenters. The number of aromatic nitrogens is 1. The first-order valence-corrected chi connectivity index (χ1v) is 10.3. The Morgan fingerprint density at radius 1 is 1.25 bits per heavy atom. The Morgan fingerprint density at radius 3 is 2.68 bits per heavy atom. The molecule has 0 saturated carbocycles. The number of aliphatic carboxylic acids is 1. The molecular formula is C24H33NO3. The van der Waals surface area contributed by atoms with Gasteiger partial charge in [0.05, 0.1) is 5.92 Å². The second-order valence-corrected chi connectivity index (χ2v) is 7.94. The molecule has 2 N–H and O–H groups in total. The summed E-state index contributed by atoms with van der Waals surface area (Å²) >= 11 is 0. The summed E-state index contributed by atoms with van der Waals surface area (Å²) in [5.74, 6) is -0.594. The van der Waals surface area contributed by atoms with Gasteiger partial charge in [0.25, 0.3) is 0 Å². The minimum Gasteiger partial charge on any atom is -0.481 e. The first kappa shape index (κ1) is 22.1. The molecule has 4 heteroatoms. The molecule has 3 rings (SSSR count). The van der Waals surface area contributed by atoms with Gasteiger partial charge >= 0.3 is 5.97 Å². The van der Waals surface area contributed by atoms with Crippen molar-refractivity contribution in [2.45, 2.75) is 59.3 Å². The van der Waals surface area contributed by atoms with E-state index in [0.717, 1.165) is 42.6 Å². The number of hydrogen-bond acceptors (Lipinski definition) is 3. The SMILES string of the molecule is CCCCc1ccc2c(n1)C[C@H](C(=O)O)C2.Cc1cccc(C[C@H](C)CO)c1. The fourth-order valence-electron chi connectivity index (χ4n) is 3.49. The average Bonchev–Trinajstić information content (AvgIpc) is 3.10. The summed E-state index contributed by atoms with van der Waals surface area (Å²) in [4.78, 5) is 15.5. The van der Waals surface area contributed by atoms with Crippen molar-refractivity contribution in [3.63, 3.8) is 0 Å². The van der Waals surface area contributed by atoms with Gasteiger partial charge in [0, 0.05) is 24.4 Å². The monoisotopic (exact) mass is 383 g/mol. The van der Waals surface area contributed by atoms with E-state index in [-0.39, 0.29) is 12.5 Å². The van der Waals surface area contributed by atoms with E-state index >= 15 is 0 Å². The minimum absolute atomic E-state index is 0.260. The van der Waals surface area contributed by atoms with Gasteiger partial charge in [-0.3, -0.25) is 9.78 Å². The lowest BCUT2D eigenvalue weighted by Gasteiger charge is -2.07. The minimum atomic E-state index is -0.701. The Hall–Kier alpha value is -2.20. The van der Waals surface area contributed by atoms with Crippen LogP contribution in [0, 0.1) is 18.8 Å². The number of nitrogens with zero attached hydrogens (tertiary/aromatic N) is 1. The van der Waals surface area contributed by atoms with E-state index in [2.05, 4.69) is 56.1 Å². The van der Waals surface area contributed by atoms with Crippen LogP contribution in [-0.4, -0.2) is 27.8 Å². The zero-order valence-electron chi connectivity index (χ0n) is 17.3. The number of carboxylic acid groups (broad SMARTS) is 1. The maximum absolute atomic E-state index is 10.9. The van der Waals surface area contributed by atoms with Crippen LogP contribution in [0.5, 0.6) is 0 Å². The van der Waals surface area contributed by atoms with E-state index in [9.17, 15) is 4.79 Å². The first-order chi connectivity index (χ1) is 13.4. The zero-order chi connectivity index (χ0) is 20.5. The molecular weight excluding hydrogens is 350 g/mol. The number of fused-ring (bicyclic) bond motifs is 1. The molecule has 1 heterocycles. The third-order valence-corrected chi connectivity index (χ3v) is 5.15. The number of aliphatic hydroxyl groups excluding tert-OH is 1. The lowest BCUT2D eigenvalue weighted by atomic mass is 10.0. The first-order valence-electron chi connectivity index (χ1n) is 10.3. The van der Waals surface area contributed by atoms with Crippen molar-refractivity contribution < 1.29 is 15.0 Å². The van der Waals surface area contributed by atoms with Crippen LogP contribution in [0.4, 0.5) is 0 Å². The summed E-state index contributed by atoms with van der Waals surface area (Å²) in [7, 11) is 0. The molecule has 152 valence electrons. The molecule has 0 bridgehead atoms. The van der Waals surface area contributed by atoms with Gasteiger partial charge in [-0.05, 0) is 55.7 Å². The highest BCUT2D eigenvalue weighted by Crippen LogP contribution is 2.25. The van der Waals surface area contributed by atoms with Gasteiger partial charge < -0.3 is 10.2 Å². The van der Waals surface area contributed by atoms with Crippen molar-refractivity contribution >= 4 is 5.97 Å². The molecule has 1 aromatic heterocycles. The number of rotatable bonds is 7. The van der Waals surface area contributed by atoms with Gasteiger partial charge in [-0.2, -0.15) is 0 Å². The largest absolute Gasteiger partial charge is 0.481 e. The van der Waals surface area contributed by atoms with Gasteiger partial charge in [-0.1, -0.05) is 56.2 Å². The molecule has 0 saturated heterocycles. The maximum Gasteiger partial charge on any atom is 0.307 e. The van der Waals surface area contributed by atoms with Crippen molar-refractivity contribution in [2.24, 2.45) is 11.8 Å². The number of carbonyl (C=O) groups is 1. The van der Waals surface area contributed by atoms with E-state index < -0.39 is 5.97 Å². The Kier molecular flexibility index (Phi) is 8.65. The summed E-state index contributed by atoms with van der Waals surface area (Å²) in [6, 6.07) is 12.5. The van der Waals surface area contributed by atoms with Gasteiger partial charge in [-0.15, -0.1) is 0 Å². The normalized spacial score (nSPS) is 16.1. The zero-order valence-corrected chi connectivity index (χ0v) is 17.3. The Morgan fingerprint density at radius 2 is 2.04 bits per heavy atom. The molecule has 1 aromatic carbocycles. The predicted octanol–water partition coefficient (Wildman–Crippen LogP) is 4.39. The fourth-order valence-corrected chi connectivity index (χ4v) is 3.49. The van der Waals surface area contributed by atoms with E-state index in [1.807, 2.05) is 6.07 Å². The quantitative estimate of drug-likeness (QED) is 0.744. The molecule has 1 aliphatic rings. The number of unbranched alkanes of at least 4 members (excludes halogenated alkanes) is 1. The predicted molar refractivity (Wildman–Crippen MR) is 113 cm³/mol. The lowest BCUT2D eigenvalue weighted by Crippen LogP contribution is -2.13. The summed E-state index contributed by atoms with van der Waals surface area (Å²) in [6.07, 6.45) is 5.53. The van der Waals surface area contributed by atoms with E-state index in [0.29, 0.717) is 18.8 Å². The highest BCUT2D eigenvalue weighted by Gasteiger charge is 2.28. The number of aryl methyl sites for hydroxylation is 2. The molecule has 0 fully saturated rings. The van der Waals surface area contributed by atoms with Crippen LogP contribution in [0.2, 0.25) is 0 Å². The Balaban J connectivity index is 0.000000209. The number of aliphatic hydroxyl groups is 1. The highest BCUT2D eigenvalue weighted by molar-refractivity contribution is 5.72. The van der Waals surface area contributed by atoms with E-state index in [4.69, 9.17) is 10.2 Å². The molecule has 0 amide bonds. The summed E-state index contributed by atoms with van der Waals surface area (Å²) in [5, 5.41) is 17.8. The summed E-state index contributed by atoms with van der Waals surface area (Å²) in [5.41, 5.74) is 5.83. The van der Waals surface area contributed by atoms with Crippen molar-refractivity contribution in [1.82, 2.24) is 4.98 Å². The molecule has 2 aromatic rings. The molecule has 1 aliphatic carbocycles. The lowest BCUT2D eigenvalue weighted by molar-refractivity contribution is -0.141. The fraction of sp³-hybridized carbons (Fsp3) is 0.500. The van der Waals surface area contributed by atoms with Crippen LogP contribution in [0.1, 0.15) is 54.8 Å². The van der Waals surface area contributed by atoms with Gasteiger partial charge in [-0.25, -0.2) is 0 Å². The van der Waals surface area contributed by atoms with Crippen molar-refractivity contribution in [3.05, 3.63) is 64.5 Å². The smallest absolute Gasteiger partial charge is 0.307 e. The number of benzene rings is 1. The van der Waals surface area contributed by atoms with Gasteiger partial charge in [0.2, 0.25) is 0 Å². The molecule has 0 spiro atoms. The molecule has 28 heavy (non-hydrogen) atoms. The van der Waals surface area contributed by atoms with Gasteiger partial charge in [0.15, 0.2) is 0 Å². The summed E-state index contributed by atoms with van der Waals surface area (Å²) in [6.45, 7) is 6.58. The molecule has 0 radical (unpaired) electrons. The topological polar surface area (TPSA) is 70.4 Å². The second kappa shape index (κ2) is 11.0. The van der Waals surface area contributed by atoms with Crippen LogP contribution >= 0.6 is 0 Å². The Labute approximate surface area is 168 Å². The number of pyridine rings is 1. The van der Waals surface area contributed by atoms with Crippen LogP contribution in [0.25, 0.3) is 0 Å². The second-order valence-electron chi connectivity index (χ2n) is 7.94. The van der Waals surface area contributed by atoms with Crippen molar-refractivity contribution in [3.8, 4) is 0 Å². The Bertz CT molecular complexity index is 772. The maximum atomic E-state index is 10.9. The van der Waals surface area contributed by atoms with Crippen LogP contribution in [0.15, 0.2) is 36.4 Å². The van der Waals surface area contributed by atoms with Crippen molar-refractivity contribution in [2.75, 3.05) is 6.61 Å². The van der Waals surface area contributed by atoms with Crippen LogP contribution < -0.4 is 0 Å². The van der Waals surface area contributed by atoms with Crippen molar-refractivity contribution in [1.29, 1.82) is 0 Å². The van der Waals surface area contributed by atoms with E-state index in [1.54, 1.807) is 0 Å². The third kappa shape index (κ3) is 6.75. The highest BCUT2D eigenvalue weighted by atomic mass is 16.4. The van der Waals surface area contributed by atoms with E-state index in [1.165, 1.54) is 11.1 Å². The molecule has 0 aliphatic heterocycles.